The first-order chi connectivity index (χ1) is 8.54. The molecule has 0 radical (unpaired) electrons. The monoisotopic (exact) mass is 269 g/mol. The predicted molar refractivity (Wildman–Crippen MR) is 75.7 cm³/mol. The molecule has 102 valence electrons. The van der Waals surface area contributed by atoms with Crippen molar-refractivity contribution < 1.29 is 4.79 Å². The third kappa shape index (κ3) is 4.72. The molecule has 1 unspecified atom stereocenters. The largest absolute Gasteiger partial charge is 0.355 e. The summed E-state index contributed by atoms with van der Waals surface area (Å²) < 4.78 is 2.04. The smallest absolute Gasteiger partial charge is 0.233 e. The Balaban J connectivity index is 2.40. The average molecular weight is 269 g/mol. The van der Waals surface area contributed by atoms with E-state index in [0.29, 0.717) is 5.92 Å². The molecule has 5 heteroatoms. The fourth-order valence-corrected chi connectivity index (χ4v) is 2.45. The number of thioether (sulfide) groups is 1. The zero-order valence-corrected chi connectivity index (χ0v) is 12.5. The van der Waals surface area contributed by atoms with Crippen LogP contribution in [-0.2, 0) is 11.3 Å². The molecule has 1 rings (SSSR count). The van der Waals surface area contributed by atoms with E-state index >= 15 is 0 Å². The molecule has 18 heavy (non-hydrogen) atoms. The molecule has 0 aromatic carbocycles. The lowest BCUT2D eigenvalue weighted by molar-refractivity contribution is -0.120. The second-order valence-electron chi connectivity index (χ2n) is 4.73. The van der Waals surface area contributed by atoms with Crippen LogP contribution in [0.3, 0.4) is 0 Å². The van der Waals surface area contributed by atoms with E-state index < -0.39 is 0 Å². The molecule has 1 atom stereocenters. The number of aryl methyl sites for hydroxylation is 1. The zero-order chi connectivity index (χ0) is 13.5. The van der Waals surface area contributed by atoms with Gasteiger partial charge in [0.05, 0.1) is 5.25 Å². The molecule has 0 saturated heterocycles. The lowest BCUT2D eigenvalue weighted by Crippen LogP contribution is -2.32. The molecule has 0 fully saturated rings. The van der Waals surface area contributed by atoms with Gasteiger partial charge in [-0.25, -0.2) is 4.98 Å². The normalized spacial score (nSPS) is 12.7. The molecule has 0 aliphatic rings. The van der Waals surface area contributed by atoms with Crippen LogP contribution in [0.1, 0.15) is 34.1 Å². The van der Waals surface area contributed by atoms with Crippen molar-refractivity contribution >= 4 is 17.7 Å². The molecule has 1 heterocycles. The first-order valence-corrected chi connectivity index (χ1v) is 7.38. The van der Waals surface area contributed by atoms with Crippen molar-refractivity contribution in [2.45, 2.75) is 51.1 Å². The van der Waals surface area contributed by atoms with Gasteiger partial charge >= 0.3 is 0 Å². The van der Waals surface area contributed by atoms with Gasteiger partial charge in [-0.2, -0.15) is 0 Å². The summed E-state index contributed by atoms with van der Waals surface area (Å²) in [5.74, 6) is 0.707. The maximum absolute atomic E-state index is 11.9. The maximum Gasteiger partial charge on any atom is 0.233 e. The average Bonchev–Trinajstić information content (AvgIpc) is 2.75. The molecule has 0 aliphatic heterocycles. The Kier molecular flexibility index (Phi) is 6.25. The molecule has 0 aliphatic carbocycles. The molecule has 1 N–H and O–H groups in total. The lowest BCUT2D eigenvalue weighted by Gasteiger charge is -2.13. The number of carbonyl (C=O) groups excluding carboxylic acids is 1. The highest BCUT2D eigenvalue weighted by molar-refractivity contribution is 8.00. The van der Waals surface area contributed by atoms with E-state index in [4.69, 9.17) is 0 Å². The highest BCUT2D eigenvalue weighted by atomic mass is 32.2. The minimum absolute atomic E-state index is 0.0892. The van der Waals surface area contributed by atoms with E-state index in [1.54, 1.807) is 6.20 Å². The molecule has 4 nitrogen and oxygen atoms in total. The standard InChI is InChI=1S/C13H23N3OS/c1-5-16-9-8-15-13(16)18-11(4)12(17)14-7-6-10(2)3/h8-11H,5-7H2,1-4H3,(H,14,17). The Bertz CT molecular complexity index is 376. The second-order valence-corrected chi connectivity index (χ2v) is 6.04. The summed E-state index contributed by atoms with van der Waals surface area (Å²) in [5, 5.41) is 3.77. The van der Waals surface area contributed by atoms with Crippen molar-refractivity contribution in [3.63, 3.8) is 0 Å². The Morgan fingerprint density at radius 2 is 2.22 bits per heavy atom. The number of rotatable bonds is 7. The van der Waals surface area contributed by atoms with Crippen LogP contribution in [0.25, 0.3) is 0 Å². The quantitative estimate of drug-likeness (QED) is 0.774. The summed E-state index contributed by atoms with van der Waals surface area (Å²) in [4.78, 5) is 16.1. The SMILES string of the molecule is CCn1ccnc1SC(C)C(=O)NCCC(C)C. The fourth-order valence-electron chi connectivity index (χ4n) is 1.49. The van der Waals surface area contributed by atoms with Gasteiger partial charge in [-0.05, 0) is 26.2 Å². The summed E-state index contributed by atoms with van der Waals surface area (Å²) in [6.07, 6.45) is 4.73. The highest BCUT2D eigenvalue weighted by Crippen LogP contribution is 2.21. The van der Waals surface area contributed by atoms with Crippen LogP contribution in [0.2, 0.25) is 0 Å². The number of imidazole rings is 1. The van der Waals surface area contributed by atoms with Crippen LogP contribution >= 0.6 is 11.8 Å². The van der Waals surface area contributed by atoms with E-state index in [2.05, 4.69) is 31.1 Å². The van der Waals surface area contributed by atoms with Gasteiger partial charge in [0.15, 0.2) is 5.16 Å². The zero-order valence-electron chi connectivity index (χ0n) is 11.6. The molecular weight excluding hydrogens is 246 g/mol. The molecule has 1 aromatic heterocycles. The van der Waals surface area contributed by atoms with E-state index in [1.165, 1.54) is 11.8 Å². The number of hydrogen-bond acceptors (Lipinski definition) is 3. The van der Waals surface area contributed by atoms with Crippen LogP contribution in [-0.4, -0.2) is 27.3 Å². The predicted octanol–water partition coefficient (Wildman–Crippen LogP) is 2.55. The van der Waals surface area contributed by atoms with Gasteiger partial charge < -0.3 is 9.88 Å². The molecule has 0 spiro atoms. The van der Waals surface area contributed by atoms with E-state index in [0.717, 1.165) is 24.7 Å². The third-order valence-corrected chi connectivity index (χ3v) is 3.81. The topological polar surface area (TPSA) is 46.9 Å². The van der Waals surface area contributed by atoms with Crippen LogP contribution in [0.15, 0.2) is 17.6 Å². The fraction of sp³-hybridized carbons (Fsp3) is 0.692. The number of aromatic nitrogens is 2. The number of amides is 1. The summed E-state index contributed by atoms with van der Waals surface area (Å²) in [5.41, 5.74) is 0. The summed E-state index contributed by atoms with van der Waals surface area (Å²) in [6, 6.07) is 0. The number of hydrogen-bond donors (Lipinski definition) is 1. The van der Waals surface area contributed by atoms with Crippen molar-refractivity contribution in [2.24, 2.45) is 5.92 Å². The van der Waals surface area contributed by atoms with Gasteiger partial charge in [0, 0.05) is 25.5 Å². The van der Waals surface area contributed by atoms with Crippen molar-refractivity contribution in [3.05, 3.63) is 12.4 Å². The number of nitrogens with one attached hydrogen (secondary N) is 1. The summed E-state index contributed by atoms with van der Waals surface area (Å²) in [7, 11) is 0. The van der Waals surface area contributed by atoms with Crippen molar-refractivity contribution in [3.8, 4) is 0 Å². The van der Waals surface area contributed by atoms with Crippen molar-refractivity contribution in [1.29, 1.82) is 0 Å². The molecular formula is C13H23N3OS. The van der Waals surface area contributed by atoms with Crippen LogP contribution in [0.5, 0.6) is 0 Å². The molecule has 1 aromatic rings. The molecule has 1 amide bonds. The molecule has 0 saturated carbocycles. The Morgan fingerprint density at radius 3 is 2.83 bits per heavy atom. The van der Waals surface area contributed by atoms with E-state index in [-0.39, 0.29) is 11.2 Å². The first-order valence-electron chi connectivity index (χ1n) is 6.50. The van der Waals surface area contributed by atoms with Crippen LogP contribution in [0, 0.1) is 5.92 Å². The van der Waals surface area contributed by atoms with Crippen molar-refractivity contribution in [1.82, 2.24) is 14.9 Å². The first kappa shape index (κ1) is 15.1. The Labute approximate surface area is 114 Å². The Hall–Kier alpha value is -0.970. The summed E-state index contributed by atoms with van der Waals surface area (Å²) >= 11 is 1.51. The van der Waals surface area contributed by atoms with Gasteiger partial charge in [0.25, 0.3) is 0 Å². The summed E-state index contributed by atoms with van der Waals surface area (Å²) in [6.45, 7) is 9.93. The third-order valence-electron chi connectivity index (χ3n) is 2.69. The molecule has 0 bridgehead atoms. The maximum atomic E-state index is 11.9. The van der Waals surface area contributed by atoms with E-state index in [1.807, 2.05) is 17.7 Å². The van der Waals surface area contributed by atoms with E-state index in [9.17, 15) is 4.79 Å². The lowest BCUT2D eigenvalue weighted by atomic mass is 10.1. The van der Waals surface area contributed by atoms with Crippen molar-refractivity contribution in [2.75, 3.05) is 6.54 Å². The van der Waals surface area contributed by atoms with Gasteiger partial charge in [0.1, 0.15) is 0 Å². The van der Waals surface area contributed by atoms with Gasteiger partial charge in [-0.1, -0.05) is 25.6 Å². The van der Waals surface area contributed by atoms with Gasteiger partial charge in [-0.3, -0.25) is 4.79 Å². The number of carbonyl (C=O) groups is 1. The second kappa shape index (κ2) is 7.46. The Morgan fingerprint density at radius 1 is 1.50 bits per heavy atom. The minimum Gasteiger partial charge on any atom is -0.355 e. The van der Waals surface area contributed by atoms with Crippen LogP contribution in [0.4, 0.5) is 0 Å². The number of nitrogens with zero attached hydrogens (tertiary/aromatic N) is 2. The van der Waals surface area contributed by atoms with Gasteiger partial charge in [0.2, 0.25) is 5.91 Å². The highest BCUT2D eigenvalue weighted by Gasteiger charge is 2.16. The minimum atomic E-state index is -0.107. The van der Waals surface area contributed by atoms with Gasteiger partial charge in [-0.15, -0.1) is 0 Å². The van der Waals surface area contributed by atoms with Crippen LogP contribution < -0.4 is 5.32 Å².